The van der Waals surface area contributed by atoms with E-state index in [0.29, 0.717) is 5.88 Å². The number of alkyl halides is 1. The van der Waals surface area contributed by atoms with Crippen LogP contribution in [0, 0.1) is 17.7 Å². The number of hydrogen-bond donors (Lipinski definition) is 0. The maximum Gasteiger partial charge on any atom is 0.123 e. The largest absolute Gasteiger partial charge is 0.207 e. The van der Waals surface area contributed by atoms with Crippen molar-refractivity contribution in [1.82, 2.24) is 0 Å². The molecule has 2 aromatic carbocycles. The lowest BCUT2D eigenvalue weighted by Gasteiger charge is -2.12. The van der Waals surface area contributed by atoms with Crippen molar-refractivity contribution in [2.45, 2.75) is 5.92 Å². The molecule has 124 valence electrons. The highest BCUT2D eigenvalue weighted by atomic mass is 35.5. The van der Waals surface area contributed by atoms with E-state index in [1.807, 2.05) is 47.9 Å². The number of halogens is 2. The Labute approximate surface area is 156 Å². The summed E-state index contributed by atoms with van der Waals surface area (Å²) in [5, 5.41) is 2.04. The number of allylic oxidation sites excluding steroid dienone is 1. The maximum absolute atomic E-state index is 13.1. The molecule has 0 nitrogen and oxygen atoms in total. The normalized spacial score (nSPS) is 12.3. The zero-order valence-electron chi connectivity index (χ0n) is 13.5. The van der Waals surface area contributed by atoms with Crippen LogP contribution >= 0.6 is 22.9 Å². The zero-order chi connectivity index (χ0) is 17.5. The topological polar surface area (TPSA) is 0 Å². The van der Waals surface area contributed by atoms with Crippen LogP contribution in [0.2, 0.25) is 0 Å². The zero-order valence-corrected chi connectivity index (χ0v) is 15.0. The lowest BCUT2D eigenvalue weighted by molar-refractivity contribution is 0.628. The molecule has 3 rings (SSSR count). The monoisotopic (exact) mass is 366 g/mol. The molecule has 0 aliphatic heterocycles. The highest BCUT2D eigenvalue weighted by Crippen LogP contribution is 2.30. The van der Waals surface area contributed by atoms with E-state index in [-0.39, 0.29) is 11.7 Å². The first kappa shape index (κ1) is 17.5. The van der Waals surface area contributed by atoms with Gasteiger partial charge in [0.15, 0.2) is 0 Å². The minimum Gasteiger partial charge on any atom is -0.207 e. The van der Waals surface area contributed by atoms with Crippen molar-refractivity contribution >= 4 is 29.0 Å². The molecule has 0 amide bonds. The van der Waals surface area contributed by atoms with Crippen molar-refractivity contribution in [2.75, 3.05) is 5.88 Å². The van der Waals surface area contributed by atoms with Crippen molar-refractivity contribution in [1.29, 1.82) is 0 Å². The van der Waals surface area contributed by atoms with Crippen LogP contribution < -0.4 is 0 Å². The minimum absolute atomic E-state index is 0.0808. The van der Waals surface area contributed by atoms with Crippen LogP contribution in [-0.2, 0) is 0 Å². The lowest BCUT2D eigenvalue weighted by atomic mass is 9.96. The Morgan fingerprint density at radius 3 is 2.44 bits per heavy atom. The first-order valence-electron chi connectivity index (χ1n) is 7.88. The second-order valence-corrected chi connectivity index (χ2v) is 6.73. The van der Waals surface area contributed by atoms with Crippen molar-refractivity contribution in [3.05, 3.63) is 99.5 Å². The van der Waals surface area contributed by atoms with E-state index in [1.165, 1.54) is 12.1 Å². The van der Waals surface area contributed by atoms with Gasteiger partial charge in [0.1, 0.15) is 5.82 Å². The first-order valence-corrected chi connectivity index (χ1v) is 9.29. The Kier molecular flexibility index (Phi) is 6.06. The minimum atomic E-state index is -0.247. The van der Waals surface area contributed by atoms with Gasteiger partial charge in [0.2, 0.25) is 0 Å². The van der Waals surface area contributed by atoms with Crippen molar-refractivity contribution in [3.63, 3.8) is 0 Å². The number of hydrogen-bond acceptors (Lipinski definition) is 1. The third kappa shape index (κ3) is 4.82. The predicted octanol–water partition coefficient (Wildman–Crippen LogP) is 6.34. The number of benzene rings is 2. The summed E-state index contributed by atoms with van der Waals surface area (Å²) in [6.07, 6.45) is 2.00. The van der Waals surface area contributed by atoms with Crippen LogP contribution in [0.1, 0.15) is 21.9 Å². The quantitative estimate of drug-likeness (QED) is 0.373. The Morgan fingerprint density at radius 2 is 1.80 bits per heavy atom. The van der Waals surface area contributed by atoms with Gasteiger partial charge in [-0.15, -0.1) is 22.9 Å². The molecule has 0 saturated carbocycles. The Hall–Kier alpha value is -2.34. The molecule has 3 aromatic rings. The van der Waals surface area contributed by atoms with Crippen LogP contribution in [0.4, 0.5) is 4.39 Å². The van der Waals surface area contributed by atoms with Gasteiger partial charge >= 0.3 is 0 Å². The van der Waals surface area contributed by atoms with Gasteiger partial charge in [-0.2, -0.15) is 0 Å². The summed E-state index contributed by atoms with van der Waals surface area (Å²) in [5.74, 6) is 6.63. The smallest absolute Gasteiger partial charge is 0.123 e. The Balaban J connectivity index is 1.98. The predicted molar refractivity (Wildman–Crippen MR) is 105 cm³/mol. The SMILES string of the molecule is Fc1ccc(/C=C(\CCl)C(C#Cc2ccccc2)c2cccs2)cc1. The highest BCUT2D eigenvalue weighted by Gasteiger charge is 2.15. The fourth-order valence-electron chi connectivity index (χ4n) is 2.45. The molecule has 1 heterocycles. The second kappa shape index (κ2) is 8.67. The Bertz CT molecular complexity index is 885. The summed E-state index contributed by atoms with van der Waals surface area (Å²) < 4.78 is 13.1. The molecule has 1 atom stereocenters. The first-order chi connectivity index (χ1) is 12.3. The van der Waals surface area contributed by atoms with Crippen LogP contribution in [-0.4, -0.2) is 5.88 Å². The summed E-state index contributed by atoms with van der Waals surface area (Å²) in [4.78, 5) is 1.15. The summed E-state index contributed by atoms with van der Waals surface area (Å²) in [6, 6.07) is 20.4. The van der Waals surface area contributed by atoms with Crippen LogP contribution in [0.15, 0.2) is 77.7 Å². The summed E-state index contributed by atoms with van der Waals surface area (Å²) >= 11 is 7.90. The van der Waals surface area contributed by atoms with Gasteiger partial charge in [0.05, 0.1) is 5.92 Å². The van der Waals surface area contributed by atoms with E-state index in [1.54, 1.807) is 23.5 Å². The molecule has 0 aliphatic carbocycles. The fourth-order valence-corrected chi connectivity index (χ4v) is 3.50. The average molecular weight is 367 g/mol. The van der Waals surface area contributed by atoms with Gasteiger partial charge in [0, 0.05) is 16.3 Å². The van der Waals surface area contributed by atoms with Crippen LogP contribution in [0.3, 0.4) is 0 Å². The van der Waals surface area contributed by atoms with Gasteiger partial charge in [-0.05, 0) is 46.8 Å². The third-order valence-corrected chi connectivity index (χ3v) is 4.96. The fraction of sp³-hybridized carbons (Fsp3) is 0.0909. The molecule has 0 spiro atoms. The van der Waals surface area contributed by atoms with Gasteiger partial charge in [-0.3, -0.25) is 0 Å². The molecule has 3 heteroatoms. The van der Waals surface area contributed by atoms with E-state index in [0.717, 1.165) is 21.6 Å². The van der Waals surface area contributed by atoms with Crippen LogP contribution in [0.5, 0.6) is 0 Å². The summed E-state index contributed by atoms with van der Waals surface area (Å²) in [6.45, 7) is 0. The van der Waals surface area contributed by atoms with E-state index >= 15 is 0 Å². The highest BCUT2D eigenvalue weighted by molar-refractivity contribution is 7.10. The molecule has 0 saturated heterocycles. The average Bonchev–Trinajstić information content (AvgIpc) is 3.18. The van der Waals surface area contributed by atoms with Crippen molar-refractivity contribution in [2.24, 2.45) is 0 Å². The molecule has 0 bridgehead atoms. The van der Waals surface area contributed by atoms with Crippen molar-refractivity contribution < 1.29 is 4.39 Å². The van der Waals surface area contributed by atoms with Gasteiger partial charge in [0.25, 0.3) is 0 Å². The molecule has 0 fully saturated rings. The van der Waals surface area contributed by atoms with Gasteiger partial charge in [-0.25, -0.2) is 4.39 Å². The molecule has 25 heavy (non-hydrogen) atoms. The maximum atomic E-state index is 13.1. The van der Waals surface area contributed by atoms with E-state index in [2.05, 4.69) is 17.9 Å². The molecule has 1 unspecified atom stereocenters. The molecule has 0 aliphatic rings. The Morgan fingerprint density at radius 1 is 1.04 bits per heavy atom. The van der Waals surface area contributed by atoms with Gasteiger partial charge < -0.3 is 0 Å². The number of rotatable bonds is 4. The summed E-state index contributed by atoms with van der Waals surface area (Å²) in [5.41, 5.74) is 2.89. The van der Waals surface area contributed by atoms with E-state index < -0.39 is 0 Å². The lowest BCUT2D eigenvalue weighted by Crippen LogP contribution is -2.00. The van der Waals surface area contributed by atoms with Crippen molar-refractivity contribution in [3.8, 4) is 11.8 Å². The molecular formula is C22H16ClFS. The standard InChI is InChI=1S/C22H16ClFS/c23-16-19(15-18-8-11-20(24)12-9-18)21(22-7-4-14-25-22)13-10-17-5-2-1-3-6-17/h1-9,11-12,14-15,21H,16H2/b19-15+. The molecule has 0 radical (unpaired) electrons. The molecule has 1 aromatic heterocycles. The third-order valence-electron chi connectivity index (χ3n) is 3.71. The molecular weight excluding hydrogens is 351 g/mol. The van der Waals surface area contributed by atoms with Crippen LogP contribution in [0.25, 0.3) is 6.08 Å². The summed E-state index contributed by atoms with van der Waals surface area (Å²) in [7, 11) is 0. The molecule has 0 N–H and O–H groups in total. The van der Waals surface area contributed by atoms with E-state index in [4.69, 9.17) is 11.6 Å². The van der Waals surface area contributed by atoms with Gasteiger partial charge in [-0.1, -0.05) is 54.3 Å². The second-order valence-electron chi connectivity index (χ2n) is 5.49. The number of thiophene rings is 1. The van der Waals surface area contributed by atoms with E-state index in [9.17, 15) is 4.39 Å².